The Morgan fingerprint density at radius 2 is 1.63 bits per heavy atom. The van der Waals surface area contributed by atoms with Crippen LogP contribution in [-0.4, -0.2) is 23.4 Å². The van der Waals surface area contributed by atoms with Crippen molar-refractivity contribution in [3.8, 4) is 5.75 Å². The van der Waals surface area contributed by atoms with E-state index in [2.05, 4.69) is 0 Å². The van der Waals surface area contributed by atoms with Gasteiger partial charge < -0.3 is 14.9 Å². The van der Waals surface area contributed by atoms with E-state index in [9.17, 15) is 10.2 Å². The molecule has 2 rings (SSSR count). The number of hydrogen-bond acceptors (Lipinski definition) is 3. The first-order valence-corrected chi connectivity index (χ1v) is 6.25. The predicted molar refractivity (Wildman–Crippen MR) is 74.0 cm³/mol. The second-order valence-corrected chi connectivity index (χ2v) is 4.46. The molecule has 0 aliphatic carbocycles. The third kappa shape index (κ3) is 3.34. The number of ether oxygens (including phenoxy) is 1. The molecule has 0 fully saturated rings. The van der Waals surface area contributed by atoms with Crippen molar-refractivity contribution in [3.63, 3.8) is 0 Å². The van der Waals surface area contributed by atoms with E-state index in [1.54, 1.807) is 19.2 Å². The number of phenolic OH excluding ortho intramolecular Hbond substituents is 1. The summed E-state index contributed by atoms with van der Waals surface area (Å²) in [5.41, 5.74) is 1.58. The molecule has 0 bridgehead atoms. The minimum absolute atomic E-state index is 0.227. The lowest BCUT2D eigenvalue weighted by atomic mass is 9.98. The second kappa shape index (κ2) is 6.36. The van der Waals surface area contributed by atoms with Gasteiger partial charge in [-0.05, 0) is 17.2 Å². The number of rotatable bonds is 5. The van der Waals surface area contributed by atoms with Crippen LogP contribution in [0.4, 0.5) is 0 Å². The monoisotopic (exact) mass is 258 g/mol. The fourth-order valence-electron chi connectivity index (χ4n) is 2.09. The Bertz CT molecular complexity index is 510. The van der Waals surface area contributed by atoms with Gasteiger partial charge in [-0.1, -0.05) is 48.5 Å². The van der Waals surface area contributed by atoms with Crippen LogP contribution in [0.5, 0.6) is 5.75 Å². The van der Waals surface area contributed by atoms with Crippen LogP contribution in [0, 0.1) is 0 Å². The number of methoxy groups -OCH3 is 1. The third-order valence-electron chi connectivity index (χ3n) is 3.21. The van der Waals surface area contributed by atoms with Crippen molar-refractivity contribution >= 4 is 0 Å². The molecule has 0 aliphatic rings. The summed E-state index contributed by atoms with van der Waals surface area (Å²) in [6.07, 6.45) is -0.652. The zero-order valence-corrected chi connectivity index (χ0v) is 10.9. The van der Waals surface area contributed by atoms with Crippen molar-refractivity contribution in [2.45, 2.75) is 18.6 Å². The van der Waals surface area contributed by atoms with Crippen LogP contribution < -0.4 is 0 Å². The maximum atomic E-state index is 10.3. The molecular weight excluding hydrogens is 240 g/mol. The van der Waals surface area contributed by atoms with Crippen molar-refractivity contribution in [1.29, 1.82) is 0 Å². The Morgan fingerprint density at radius 1 is 1.00 bits per heavy atom. The highest BCUT2D eigenvalue weighted by molar-refractivity contribution is 5.32. The Balaban J connectivity index is 2.15. The normalized spacial score (nSPS) is 14.0. The van der Waals surface area contributed by atoms with E-state index in [1.165, 1.54) is 0 Å². The number of hydrogen-bond donors (Lipinski definition) is 2. The highest BCUT2D eigenvalue weighted by Gasteiger charge is 2.21. The van der Waals surface area contributed by atoms with Gasteiger partial charge in [-0.15, -0.1) is 0 Å². The standard InChI is InChI=1S/C16H18O3/c1-19-15(11-13-9-5-6-10-14(13)17)16(18)12-7-3-2-4-8-12/h2-10,15-18H,11H2,1H3/t15-,16-/m1/s1. The summed E-state index contributed by atoms with van der Waals surface area (Å²) in [5.74, 6) is 0.227. The molecule has 0 spiro atoms. The molecule has 0 saturated carbocycles. The van der Waals surface area contributed by atoms with Gasteiger partial charge in [0, 0.05) is 13.5 Å². The highest BCUT2D eigenvalue weighted by Crippen LogP contribution is 2.25. The van der Waals surface area contributed by atoms with Crippen LogP contribution in [0.3, 0.4) is 0 Å². The molecule has 0 radical (unpaired) electrons. The molecule has 19 heavy (non-hydrogen) atoms. The lowest BCUT2D eigenvalue weighted by Crippen LogP contribution is -2.23. The van der Waals surface area contributed by atoms with E-state index in [4.69, 9.17) is 4.74 Å². The lowest BCUT2D eigenvalue weighted by Gasteiger charge is -2.22. The van der Waals surface area contributed by atoms with Gasteiger partial charge in [-0.2, -0.15) is 0 Å². The third-order valence-corrected chi connectivity index (χ3v) is 3.21. The zero-order valence-electron chi connectivity index (χ0n) is 10.9. The quantitative estimate of drug-likeness (QED) is 0.867. The highest BCUT2D eigenvalue weighted by atomic mass is 16.5. The van der Waals surface area contributed by atoms with Crippen LogP contribution in [0.2, 0.25) is 0 Å². The second-order valence-electron chi connectivity index (χ2n) is 4.46. The Morgan fingerprint density at radius 3 is 2.26 bits per heavy atom. The Kier molecular flexibility index (Phi) is 4.55. The molecule has 0 aliphatic heterocycles. The Labute approximate surface area is 113 Å². The number of aliphatic hydroxyl groups is 1. The van der Waals surface area contributed by atoms with E-state index >= 15 is 0 Å². The molecule has 3 heteroatoms. The summed E-state index contributed by atoms with van der Waals surface area (Å²) in [7, 11) is 1.57. The summed E-state index contributed by atoms with van der Waals surface area (Å²) in [5, 5.41) is 20.1. The zero-order chi connectivity index (χ0) is 13.7. The van der Waals surface area contributed by atoms with Crippen LogP contribution in [0.25, 0.3) is 0 Å². The molecule has 2 aromatic carbocycles. The summed E-state index contributed by atoms with van der Waals surface area (Å²) >= 11 is 0. The number of phenols is 1. The van der Waals surface area contributed by atoms with E-state index < -0.39 is 12.2 Å². The number of aliphatic hydroxyl groups excluding tert-OH is 1. The topological polar surface area (TPSA) is 49.7 Å². The molecular formula is C16H18O3. The summed E-state index contributed by atoms with van der Waals surface area (Å²) < 4.78 is 5.36. The van der Waals surface area contributed by atoms with E-state index in [0.717, 1.165) is 11.1 Å². The summed E-state index contributed by atoms with van der Waals surface area (Å²) in [6.45, 7) is 0. The maximum Gasteiger partial charge on any atom is 0.118 e. The molecule has 0 aromatic heterocycles. The fraction of sp³-hybridized carbons (Fsp3) is 0.250. The molecule has 2 atom stereocenters. The van der Waals surface area contributed by atoms with Gasteiger partial charge in [-0.3, -0.25) is 0 Å². The summed E-state index contributed by atoms with van der Waals surface area (Å²) in [4.78, 5) is 0. The van der Waals surface area contributed by atoms with Crippen LogP contribution in [0.1, 0.15) is 17.2 Å². The van der Waals surface area contributed by atoms with Gasteiger partial charge in [0.05, 0.1) is 6.10 Å². The van der Waals surface area contributed by atoms with Crippen LogP contribution in [0.15, 0.2) is 54.6 Å². The van der Waals surface area contributed by atoms with Crippen molar-refractivity contribution in [2.75, 3.05) is 7.11 Å². The minimum atomic E-state index is -0.717. The number of aromatic hydroxyl groups is 1. The minimum Gasteiger partial charge on any atom is -0.508 e. The SMILES string of the molecule is CO[C@H](Cc1ccccc1O)[C@H](O)c1ccccc1. The van der Waals surface area contributed by atoms with Crippen LogP contribution in [-0.2, 0) is 11.2 Å². The van der Waals surface area contributed by atoms with Crippen LogP contribution >= 0.6 is 0 Å². The number of para-hydroxylation sites is 1. The van der Waals surface area contributed by atoms with E-state index in [1.807, 2.05) is 42.5 Å². The molecule has 2 N–H and O–H groups in total. The molecule has 100 valence electrons. The van der Waals surface area contributed by atoms with Crippen molar-refractivity contribution in [1.82, 2.24) is 0 Å². The van der Waals surface area contributed by atoms with Crippen molar-refractivity contribution < 1.29 is 14.9 Å². The first-order chi connectivity index (χ1) is 9.22. The molecule has 0 unspecified atom stereocenters. The lowest BCUT2D eigenvalue weighted by molar-refractivity contribution is -0.0127. The Hall–Kier alpha value is -1.84. The first-order valence-electron chi connectivity index (χ1n) is 6.25. The average molecular weight is 258 g/mol. The molecule has 2 aromatic rings. The van der Waals surface area contributed by atoms with Gasteiger partial charge in [0.1, 0.15) is 11.9 Å². The van der Waals surface area contributed by atoms with Gasteiger partial charge in [0.25, 0.3) is 0 Å². The number of benzene rings is 2. The predicted octanol–water partition coefficient (Wildman–Crippen LogP) is 2.68. The van der Waals surface area contributed by atoms with Gasteiger partial charge in [-0.25, -0.2) is 0 Å². The van der Waals surface area contributed by atoms with Gasteiger partial charge in [0.2, 0.25) is 0 Å². The molecule has 3 nitrogen and oxygen atoms in total. The van der Waals surface area contributed by atoms with Crippen molar-refractivity contribution in [2.24, 2.45) is 0 Å². The first kappa shape index (κ1) is 13.6. The fourth-order valence-corrected chi connectivity index (χ4v) is 2.09. The van der Waals surface area contributed by atoms with Crippen molar-refractivity contribution in [3.05, 3.63) is 65.7 Å². The molecule has 0 heterocycles. The molecule has 0 amide bonds. The average Bonchev–Trinajstić information content (AvgIpc) is 2.47. The smallest absolute Gasteiger partial charge is 0.118 e. The van der Waals surface area contributed by atoms with Gasteiger partial charge >= 0.3 is 0 Å². The van der Waals surface area contributed by atoms with E-state index in [0.29, 0.717) is 6.42 Å². The van der Waals surface area contributed by atoms with E-state index in [-0.39, 0.29) is 5.75 Å². The van der Waals surface area contributed by atoms with Gasteiger partial charge in [0.15, 0.2) is 0 Å². The largest absolute Gasteiger partial charge is 0.508 e. The summed E-state index contributed by atoms with van der Waals surface area (Å²) in [6, 6.07) is 16.5. The maximum absolute atomic E-state index is 10.3. The molecule has 0 saturated heterocycles.